The third-order valence-electron chi connectivity index (χ3n) is 2.19. The Labute approximate surface area is 97.7 Å². The molecule has 0 amide bonds. The average Bonchev–Trinajstić information content (AvgIpc) is 2.20. The Balaban J connectivity index is 2.87. The van der Waals surface area contributed by atoms with E-state index in [4.69, 9.17) is 4.74 Å². The van der Waals surface area contributed by atoms with Crippen molar-refractivity contribution in [3.63, 3.8) is 0 Å². The first kappa shape index (κ1) is 15.3. The molecule has 15 heavy (non-hydrogen) atoms. The van der Waals surface area contributed by atoms with Crippen LogP contribution in [-0.4, -0.2) is 32.5 Å². The number of hydrogen-bond acceptors (Lipinski definition) is 2. The fourth-order valence-electron chi connectivity index (χ4n) is 1.30. The minimum atomic E-state index is 0.758. The van der Waals surface area contributed by atoms with Crippen LogP contribution in [0.5, 0.6) is 0 Å². The molecule has 0 aromatic rings. The van der Waals surface area contributed by atoms with Gasteiger partial charge in [-0.15, -0.1) is 9.24 Å². The Kier molecular flexibility index (Phi) is 12.7. The maximum atomic E-state index is 5.53. The molecule has 92 valence electrons. The van der Waals surface area contributed by atoms with Crippen LogP contribution in [0.4, 0.5) is 0 Å². The summed E-state index contributed by atoms with van der Waals surface area (Å²) in [6, 6.07) is 0. The van der Waals surface area contributed by atoms with Crippen LogP contribution < -0.4 is 5.32 Å². The first-order valence-electron chi connectivity index (χ1n) is 6.26. The summed E-state index contributed by atoms with van der Waals surface area (Å²) in [6.07, 6.45) is 6.08. The molecule has 2 nitrogen and oxygen atoms in total. The summed E-state index contributed by atoms with van der Waals surface area (Å²) in [5, 5.41) is 3.44. The van der Waals surface area contributed by atoms with E-state index in [1.165, 1.54) is 31.8 Å². The van der Waals surface area contributed by atoms with Gasteiger partial charge in [-0.2, -0.15) is 0 Å². The summed E-state index contributed by atoms with van der Waals surface area (Å²) in [5.74, 6) is 0.758. The molecule has 0 heterocycles. The second-order valence-corrected chi connectivity index (χ2v) is 4.99. The zero-order valence-corrected chi connectivity index (χ0v) is 11.6. The molecule has 0 fully saturated rings. The van der Waals surface area contributed by atoms with E-state index in [1.807, 2.05) is 0 Å². The smallest absolute Gasteiger partial charge is 0.0466 e. The molecule has 0 rings (SSSR count). The van der Waals surface area contributed by atoms with E-state index in [2.05, 4.69) is 28.4 Å². The minimum Gasteiger partial charge on any atom is -0.381 e. The van der Waals surface area contributed by atoms with Crippen molar-refractivity contribution in [3.05, 3.63) is 0 Å². The minimum absolute atomic E-state index is 0.758. The summed E-state index contributed by atoms with van der Waals surface area (Å²) in [7, 11) is 2.75. The van der Waals surface area contributed by atoms with Crippen LogP contribution in [-0.2, 0) is 4.74 Å². The van der Waals surface area contributed by atoms with E-state index in [-0.39, 0.29) is 0 Å². The molecule has 0 aromatic carbocycles. The van der Waals surface area contributed by atoms with Gasteiger partial charge in [0, 0.05) is 13.2 Å². The molecule has 3 heteroatoms. The van der Waals surface area contributed by atoms with Gasteiger partial charge in [0.2, 0.25) is 0 Å². The van der Waals surface area contributed by atoms with Crippen molar-refractivity contribution in [3.8, 4) is 0 Å². The van der Waals surface area contributed by atoms with Crippen LogP contribution >= 0.6 is 9.24 Å². The van der Waals surface area contributed by atoms with Crippen LogP contribution in [0.25, 0.3) is 0 Å². The van der Waals surface area contributed by atoms with E-state index in [0.717, 1.165) is 32.2 Å². The van der Waals surface area contributed by atoms with E-state index in [0.29, 0.717) is 0 Å². The Morgan fingerprint density at radius 3 is 2.33 bits per heavy atom. The van der Waals surface area contributed by atoms with Crippen molar-refractivity contribution >= 4 is 9.24 Å². The molecule has 0 aromatic heterocycles. The van der Waals surface area contributed by atoms with Crippen LogP contribution in [0.3, 0.4) is 0 Å². The van der Waals surface area contributed by atoms with Gasteiger partial charge in [0.05, 0.1) is 0 Å². The third-order valence-corrected chi connectivity index (χ3v) is 2.60. The summed E-state index contributed by atoms with van der Waals surface area (Å²) in [6.45, 7) is 8.61. The van der Waals surface area contributed by atoms with Crippen LogP contribution in [0.2, 0.25) is 0 Å². The number of hydrogen-bond donors (Lipinski definition) is 1. The molecule has 0 bridgehead atoms. The number of ether oxygens (including phenoxy) is 1. The molecule has 1 atom stereocenters. The van der Waals surface area contributed by atoms with E-state index >= 15 is 0 Å². The molecule has 0 saturated heterocycles. The van der Waals surface area contributed by atoms with Gasteiger partial charge in [-0.3, -0.25) is 0 Å². The predicted molar refractivity (Wildman–Crippen MR) is 71.6 cm³/mol. The Bertz CT molecular complexity index is 120. The lowest BCUT2D eigenvalue weighted by Gasteiger charge is -2.07. The Hall–Kier alpha value is 0.350. The molecule has 0 spiro atoms. The lowest BCUT2D eigenvalue weighted by molar-refractivity contribution is 0.127. The van der Waals surface area contributed by atoms with Crippen molar-refractivity contribution in [2.45, 2.75) is 39.5 Å². The van der Waals surface area contributed by atoms with Crippen molar-refractivity contribution in [2.75, 3.05) is 32.5 Å². The van der Waals surface area contributed by atoms with Crippen molar-refractivity contribution in [1.82, 2.24) is 5.32 Å². The Morgan fingerprint density at radius 2 is 1.73 bits per heavy atom. The molecule has 0 aliphatic heterocycles. The molecule has 0 saturated carbocycles. The van der Waals surface area contributed by atoms with Gasteiger partial charge >= 0.3 is 0 Å². The highest BCUT2D eigenvalue weighted by molar-refractivity contribution is 7.16. The highest BCUT2D eigenvalue weighted by Gasteiger charge is 1.93. The fourth-order valence-corrected chi connectivity index (χ4v) is 1.58. The first-order chi connectivity index (χ1) is 7.27. The van der Waals surface area contributed by atoms with Gasteiger partial charge in [0.25, 0.3) is 0 Å². The standard InChI is InChI=1S/C12H28NOP/c1-12(2)11-13-7-3-4-8-14-9-5-6-10-15/h12-13H,3-11,15H2,1-2H3. The van der Waals surface area contributed by atoms with E-state index in [9.17, 15) is 0 Å². The quantitative estimate of drug-likeness (QED) is 0.437. The highest BCUT2D eigenvalue weighted by Crippen LogP contribution is 1.96. The van der Waals surface area contributed by atoms with Crippen LogP contribution in [0.15, 0.2) is 0 Å². The third kappa shape index (κ3) is 14.4. The summed E-state index contributed by atoms with van der Waals surface area (Å²) < 4.78 is 5.53. The van der Waals surface area contributed by atoms with Crippen LogP contribution in [0, 0.1) is 5.92 Å². The molecule has 0 aliphatic rings. The van der Waals surface area contributed by atoms with Crippen LogP contribution in [0.1, 0.15) is 39.5 Å². The highest BCUT2D eigenvalue weighted by atomic mass is 31.0. The fraction of sp³-hybridized carbons (Fsp3) is 1.00. The maximum Gasteiger partial charge on any atom is 0.0466 e. The van der Waals surface area contributed by atoms with Gasteiger partial charge in [0.15, 0.2) is 0 Å². The normalized spacial score (nSPS) is 11.2. The SMILES string of the molecule is CC(C)CNCCCCOCCCCP. The summed E-state index contributed by atoms with van der Waals surface area (Å²) in [4.78, 5) is 0. The van der Waals surface area contributed by atoms with E-state index in [1.54, 1.807) is 0 Å². The molecular formula is C12H28NOP. The molecule has 1 N–H and O–H groups in total. The van der Waals surface area contributed by atoms with Gasteiger partial charge < -0.3 is 10.1 Å². The largest absolute Gasteiger partial charge is 0.381 e. The second-order valence-electron chi connectivity index (χ2n) is 4.41. The number of unbranched alkanes of at least 4 members (excludes halogenated alkanes) is 2. The summed E-state index contributed by atoms with van der Waals surface area (Å²) in [5.41, 5.74) is 0. The van der Waals surface area contributed by atoms with Crippen molar-refractivity contribution in [2.24, 2.45) is 5.92 Å². The summed E-state index contributed by atoms with van der Waals surface area (Å²) >= 11 is 0. The zero-order chi connectivity index (χ0) is 11.4. The number of nitrogens with one attached hydrogen (secondary N) is 1. The van der Waals surface area contributed by atoms with Crippen molar-refractivity contribution < 1.29 is 4.74 Å². The lowest BCUT2D eigenvalue weighted by Crippen LogP contribution is -2.20. The van der Waals surface area contributed by atoms with Crippen molar-refractivity contribution in [1.29, 1.82) is 0 Å². The van der Waals surface area contributed by atoms with E-state index < -0.39 is 0 Å². The molecule has 0 radical (unpaired) electrons. The zero-order valence-electron chi connectivity index (χ0n) is 10.4. The maximum absolute atomic E-state index is 5.53. The lowest BCUT2D eigenvalue weighted by atomic mass is 10.2. The molecule has 0 aliphatic carbocycles. The predicted octanol–water partition coefficient (Wildman–Crippen LogP) is 2.68. The Morgan fingerprint density at radius 1 is 1.07 bits per heavy atom. The van der Waals surface area contributed by atoms with Gasteiger partial charge in [-0.25, -0.2) is 0 Å². The topological polar surface area (TPSA) is 21.3 Å². The van der Waals surface area contributed by atoms with Gasteiger partial charge in [0.1, 0.15) is 0 Å². The molecular weight excluding hydrogens is 205 g/mol. The first-order valence-corrected chi connectivity index (χ1v) is 7.07. The van der Waals surface area contributed by atoms with Gasteiger partial charge in [-0.05, 0) is 50.9 Å². The second kappa shape index (κ2) is 12.4. The van der Waals surface area contributed by atoms with Gasteiger partial charge in [-0.1, -0.05) is 13.8 Å². The molecule has 1 unspecified atom stereocenters. The number of rotatable bonds is 11. The average molecular weight is 233 g/mol. The monoisotopic (exact) mass is 233 g/mol.